The number of hydrogen-bond acceptors (Lipinski definition) is 5. The summed E-state index contributed by atoms with van der Waals surface area (Å²) >= 11 is 1.73. The molecule has 6 heteroatoms. The third-order valence-corrected chi connectivity index (χ3v) is 3.83. The molecule has 0 unspecified atom stereocenters. The standard InChI is InChI=1S/C14H16N2O3S/c1-19-14-5-4-11(9-13(14)16(17)18)10-15-7-6-12-3-2-8-20-12/h2-5,8-9,15H,6-7,10H2,1H3. The lowest BCUT2D eigenvalue weighted by Crippen LogP contribution is -2.16. The Bertz CT molecular complexity index is 570. The van der Waals surface area contributed by atoms with Gasteiger partial charge in [-0.1, -0.05) is 12.1 Å². The van der Waals surface area contributed by atoms with Gasteiger partial charge in [0.15, 0.2) is 5.75 Å². The number of rotatable bonds is 7. The monoisotopic (exact) mass is 292 g/mol. The molecule has 0 saturated carbocycles. The smallest absolute Gasteiger partial charge is 0.311 e. The molecule has 2 rings (SSSR count). The summed E-state index contributed by atoms with van der Waals surface area (Å²) in [4.78, 5) is 11.8. The summed E-state index contributed by atoms with van der Waals surface area (Å²) in [5, 5.41) is 16.3. The minimum absolute atomic E-state index is 0.00468. The average Bonchev–Trinajstić information content (AvgIpc) is 2.96. The van der Waals surface area contributed by atoms with Crippen LogP contribution in [0.1, 0.15) is 10.4 Å². The number of nitrogens with zero attached hydrogens (tertiary/aromatic N) is 1. The van der Waals surface area contributed by atoms with Crippen molar-refractivity contribution < 1.29 is 9.66 Å². The number of ether oxygens (including phenoxy) is 1. The van der Waals surface area contributed by atoms with Crippen molar-refractivity contribution in [3.05, 3.63) is 56.3 Å². The fourth-order valence-corrected chi connectivity index (χ4v) is 2.60. The fraction of sp³-hybridized carbons (Fsp3) is 0.286. The Morgan fingerprint density at radius 1 is 1.40 bits per heavy atom. The van der Waals surface area contributed by atoms with Crippen LogP contribution in [0.5, 0.6) is 5.75 Å². The quantitative estimate of drug-likeness (QED) is 0.484. The summed E-state index contributed by atoms with van der Waals surface area (Å²) in [6.45, 7) is 1.45. The Labute approximate surface area is 121 Å². The van der Waals surface area contributed by atoms with E-state index in [4.69, 9.17) is 4.74 Å². The van der Waals surface area contributed by atoms with Crippen LogP contribution in [0.25, 0.3) is 0 Å². The first-order valence-electron chi connectivity index (χ1n) is 6.25. The maximum absolute atomic E-state index is 10.9. The number of thiophene rings is 1. The highest BCUT2D eigenvalue weighted by molar-refractivity contribution is 7.09. The van der Waals surface area contributed by atoms with Crippen molar-refractivity contribution in [1.82, 2.24) is 5.32 Å². The van der Waals surface area contributed by atoms with Crippen LogP contribution < -0.4 is 10.1 Å². The predicted octanol–water partition coefficient (Wildman–Crippen LogP) is 3.00. The molecule has 0 saturated heterocycles. The molecule has 0 spiro atoms. The van der Waals surface area contributed by atoms with Gasteiger partial charge in [-0.25, -0.2) is 0 Å². The van der Waals surface area contributed by atoms with Crippen molar-refractivity contribution in [2.24, 2.45) is 0 Å². The molecule has 1 aromatic heterocycles. The SMILES string of the molecule is COc1ccc(CNCCc2cccs2)cc1[N+](=O)[O-]. The summed E-state index contributed by atoms with van der Waals surface area (Å²) < 4.78 is 4.98. The Hall–Kier alpha value is -1.92. The van der Waals surface area contributed by atoms with Gasteiger partial charge in [0.2, 0.25) is 0 Å². The molecule has 0 fully saturated rings. The van der Waals surface area contributed by atoms with E-state index in [0.29, 0.717) is 6.54 Å². The van der Waals surface area contributed by atoms with Gasteiger partial charge in [-0.05, 0) is 29.5 Å². The summed E-state index contributed by atoms with van der Waals surface area (Å²) in [6, 6.07) is 9.16. The van der Waals surface area contributed by atoms with E-state index in [9.17, 15) is 10.1 Å². The highest BCUT2D eigenvalue weighted by Gasteiger charge is 2.14. The van der Waals surface area contributed by atoms with E-state index in [1.165, 1.54) is 12.0 Å². The second-order valence-electron chi connectivity index (χ2n) is 4.27. The van der Waals surface area contributed by atoms with Gasteiger partial charge in [0.1, 0.15) is 0 Å². The van der Waals surface area contributed by atoms with E-state index in [1.807, 2.05) is 12.1 Å². The molecule has 0 aliphatic rings. The van der Waals surface area contributed by atoms with Crippen LogP contribution in [0.2, 0.25) is 0 Å². The van der Waals surface area contributed by atoms with Gasteiger partial charge in [0, 0.05) is 24.0 Å². The van der Waals surface area contributed by atoms with Crippen molar-refractivity contribution in [3.8, 4) is 5.75 Å². The van der Waals surface area contributed by atoms with Crippen LogP contribution >= 0.6 is 11.3 Å². The van der Waals surface area contributed by atoms with Gasteiger partial charge in [0.05, 0.1) is 12.0 Å². The molecular formula is C14H16N2O3S. The van der Waals surface area contributed by atoms with Gasteiger partial charge in [0.25, 0.3) is 0 Å². The van der Waals surface area contributed by atoms with Crippen molar-refractivity contribution in [3.63, 3.8) is 0 Å². The van der Waals surface area contributed by atoms with Gasteiger partial charge in [-0.3, -0.25) is 10.1 Å². The molecule has 2 aromatic rings. The molecule has 0 radical (unpaired) electrons. The maximum atomic E-state index is 10.9. The zero-order chi connectivity index (χ0) is 14.4. The number of nitro groups is 1. The zero-order valence-electron chi connectivity index (χ0n) is 11.2. The van der Waals surface area contributed by atoms with E-state index in [-0.39, 0.29) is 11.4 Å². The van der Waals surface area contributed by atoms with E-state index in [0.717, 1.165) is 18.5 Å². The van der Waals surface area contributed by atoms with Gasteiger partial charge in [-0.2, -0.15) is 0 Å². The normalized spacial score (nSPS) is 10.4. The topological polar surface area (TPSA) is 64.4 Å². The van der Waals surface area contributed by atoms with Crippen molar-refractivity contribution in [2.75, 3.05) is 13.7 Å². The molecule has 0 aliphatic heterocycles. The van der Waals surface area contributed by atoms with Crippen LogP contribution in [-0.2, 0) is 13.0 Å². The van der Waals surface area contributed by atoms with Gasteiger partial charge < -0.3 is 10.1 Å². The first-order valence-corrected chi connectivity index (χ1v) is 7.13. The van der Waals surface area contributed by atoms with Crippen molar-refractivity contribution >= 4 is 17.0 Å². The lowest BCUT2D eigenvalue weighted by molar-refractivity contribution is -0.385. The Kier molecular flexibility index (Phi) is 5.09. The molecule has 1 N–H and O–H groups in total. The van der Waals surface area contributed by atoms with E-state index >= 15 is 0 Å². The van der Waals surface area contributed by atoms with E-state index in [1.54, 1.807) is 23.5 Å². The Morgan fingerprint density at radius 3 is 2.90 bits per heavy atom. The van der Waals surface area contributed by atoms with Crippen LogP contribution in [0.3, 0.4) is 0 Å². The summed E-state index contributed by atoms with van der Waals surface area (Å²) in [5.41, 5.74) is 0.883. The average molecular weight is 292 g/mol. The van der Waals surface area contributed by atoms with E-state index < -0.39 is 4.92 Å². The molecule has 5 nitrogen and oxygen atoms in total. The molecule has 1 heterocycles. The third-order valence-electron chi connectivity index (χ3n) is 2.90. The lowest BCUT2D eigenvalue weighted by Gasteiger charge is -2.06. The molecule has 106 valence electrons. The third kappa shape index (κ3) is 3.79. The van der Waals surface area contributed by atoms with Gasteiger partial charge in [-0.15, -0.1) is 11.3 Å². The number of methoxy groups -OCH3 is 1. The minimum Gasteiger partial charge on any atom is -0.490 e. The van der Waals surface area contributed by atoms with Gasteiger partial charge >= 0.3 is 5.69 Å². The molecule has 20 heavy (non-hydrogen) atoms. The Morgan fingerprint density at radius 2 is 2.25 bits per heavy atom. The number of benzene rings is 1. The van der Waals surface area contributed by atoms with Crippen LogP contribution in [0.4, 0.5) is 5.69 Å². The first kappa shape index (κ1) is 14.5. The second-order valence-corrected chi connectivity index (χ2v) is 5.30. The zero-order valence-corrected chi connectivity index (χ0v) is 12.0. The largest absolute Gasteiger partial charge is 0.490 e. The van der Waals surface area contributed by atoms with Crippen LogP contribution in [0, 0.1) is 10.1 Å². The number of nitro benzene ring substituents is 1. The van der Waals surface area contributed by atoms with Crippen molar-refractivity contribution in [2.45, 2.75) is 13.0 Å². The molecule has 0 atom stereocenters. The summed E-state index contributed by atoms with van der Waals surface area (Å²) in [7, 11) is 1.43. The summed E-state index contributed by atoms with van der Waals surface area (Å²) in [5.74, 6) is 0.289. The maximum Gasteiger partial charge on any atom is 0.311 e. The fourth-order valence-electron chi connectivity index (χ4n) is 1.89. The molecule has 0 aliphatic carbocycles. The molecular weight excluding hydrogens is 276 g/mol. The molecule has 0 bridgehead atoms. The highest BCUT2D eigenvalue weighted by atomic mass is 32.1. The summed E-state index contributed by atoms with van der Waals surface area (Å²) in [6.07, 6.45) is 0.968. The Balaban J connectivity index is 1.89. The van der Waals surface area contributed by atoms with Crippen LogP contribution in [0.15, 0.2) is 35.7 Å². The minimum atomic E-state index is -0.423. The lowest BCUT2D eigenvalue weighted by atomic mass is 10.2. The first-order chi connectivity index (χ1) is 9.70. The number of hydrogen-bond donors (Lipinski definition) is 1. The molecule has 0 amide bonds. The highest BCUT2D eigenvalue weighted by Crippen LogP contribution is 2.27. The van der Waals surface area contributed by atoms with E-state index in [2.05, 4.69) is 16.8 Å². The van der Waals surface area contributed by atoms with Crippen LogP contribution in [-0.4, -0.2) is 18.6 Å². The second kappa shape index (κ2) is 7.02. The molecule has 1 aromatic carbocycles. The predicted molar refractivity (Wildman–Crippen MR) is 79.4 cm³/mol. The number of nitrogens with one attached hydrogen (secondary N) is 1. The van der Waals surface area contributed by atoms with Crippen molar-refractivity contribution in [1.29, 1.82) is 0 Å².